The predicted octanol–water partition coefficient (Wildman–Crippen LogP) is 5.49. The van der Waals surface area contributed by atoms with Crippen molar-refractivity contribution in [3.8, 4) is 22.3 Å². The first-order chi connectivity index (χ1) is 18.9. The Hall–Kier alpha value is -4.04. The molecule has 1 aliphatic carbocycles. The molecule has 1 spiro atoms. The maximum absolute atomic E-state index is 13.9. The summed E-state index contributed by atoms with van der Waals surface area (Å²) < 4.78 is 13.9. The highest BCUT2D eigenvalue weighted by atomic mass is 19.1. The van der Waals surface area contributed by atoms with E-state index in [0.29, 0.717) is 12.1 Å². The Kier molecular flexibility index (Phi) is 7.74. The van der Waals surface area contributed by atoms with E-state index in [1.807, 2.05) is 53.4 Å². The van der Waals surface area contributed by atoms with Crippen LogP contribution in [0.25, 0.3) is 22.3 Å². The van der Waals surface area contributed by atoms with Gasteiger partial charge >= 0.3 is 0 Å². The van der Waals surface area contributed by atoms with Crippen molar-refractivity contribution in [3.05, 3.63) is 83.7 Å². The van der Waals surface area contributed by atoms with Crippen LogP contribution < -0.4 is 17.1 Å². The van der Waals surface area contributed by atoms with Gasteiger partial charge in [-0.25, -0.2) is 15.8 Å². The Bertz CT molecular complexity index is 1410. The standard InChI is InChI=1S/C31H35FN6O/c1-2-3-9-28-35-31(16-4-5-17-31)30(39)38(28)20-21-10-12-22(13-11-21)27-19-24(23-7-6-8-25(32)18-23)14-15-26(27)29(33)36-37-34/h6-8,10-15,18-19,37H,2-5,9,16-17,20,34H2,1H3,(H2,33,36). The number of halogens is 1. The van der Waals surface area contributed by atoms with E-state index in [9.17, 15) is 9.18 Å². The number of carbonyl (C=O) groups is 1. The van der Waals surface area contributed by atoms with Crippen molar-refractivity contribution in [2.24, 2.45) is 21.7 Å². The first kappa shape index (κ1) is 26.6. The molecule has 5 N–H and O–H groups in total. The summed E-state index contributed by atoms with van der Waals surface area (Å²) in [5, 5.41) is 3.96. The van der Waals surface area contributed by atoms with E-state index in [2.05, 4.69) is 17.6 Å². The number of hydrogen-bond acceptors (Lipinski definition) is 5. The molecule has 1 fully saturated rings. The van der Waals surface area contributed by atoms with E-state index in [1.165, 1.54) is 12.1 Å². The fourth-order valence-corrected chi connectivity index (χ4v) is 5.65. The third-order valence-corrected chi connectivity index (χ3v) is 7.73. The normalized spacial score (nSPS) is 16.7. The second-order valence-electron chi connectivity index (χ2n) is 10.4. The molecule has 202 valence electrons. The van der Waals surface area contributed by atoms with Gasteiger partial charge in [-0.3, -0.25) is 14.7 Å². The van der Waals surface area contributed by atoms with Crippen LogP contribution in [0, 0.1) is 5.82 Å². The number of amides is 1. The molecule has 2 aliphatic rings. The number of nitrogens with zero attached hydrogens (tertiary/aromatic N) is 3. The fourth-order valence-electron chi connectivity index (χ4n) is 5.65. The lowest BCUT2D eigenvalue weighted by Gasteiger charge is -2.23. The summed E-state index contributed by atoms with van der Waals surface area (Å²) in [6.45, 7) is 2.66. The highest BCUT2D eigenvalue weighted by molar-refractivity contribution is 6.08. The zero-order chi connectivity index (χ0) is 27.4. The Morgan fingerprint density at radius 3 is 2.46 bits per heavy atom. The van der Waals surface area contributed by atoms with Gasteiger partial charge in [-0.2, -0.15) is 0 Å². The lowest BCUT2D eigenvalue weighted by Crippen LogP contribution is -2.40. The number of carbonyl (C=O) groups excluding carboxylic acids is 1. The average molecular weight is 527 g/mol. The van der Waals surface area contributed by atoms with Gasteiger partial charge in [0.2, 0.25) is 0 Å². The third kappa shape index (κ3) is 5.43. The third-order valence-electron chi connectivity index (χ3n) is 7.73. The van der Waals surface area contributed by atoms with Crippen LogP contribution in [-0.4, -0.2) is 28.0 Å². The Morgan fingerprint density at radius 1 is 1.05 bits per heavy atom. The van der Waals surface area contributed by atoms with Crippen LogP contribution in [0.5, 0.6) is 0 Å². The highest BCUT2D eigenvalue weighted by Gasteiger charge is 2.49. The van der Waals surface area contributed by atoms with Crippen LogP contribution in [0.15, 0.2) is 76.8 Å². The molecule has 0 bridgehead atoms. The number of hydrazone groups is 1. The highest BCUT2D eigenvalue weighted by Crippen LogP contribution is 2.40. The monoisotopic (exact) mass is 526 g/mol. The van der Waals surface area contributed by atoms with Crippen LogP contribution in [0.1, 0.15) is 63.0 Å². The number of nitrogens with two attached hydrogens (primary N) is 2. The van der Waals surface area contributed by atoms with Crippen LogP contribution in [0.4, 0.5) is 4.39 Å². The maximum Gasteiger partial charge on any atom is 0.256 e. The largest absolute Gasteiger partial charge is 0.382 e. The zero-order valence-corrected chi connectivity index (χ0v) is 22.3. The number of amidine groups is 2. The second-order valence-corrected chi connectivity index (χ2v) is 10.4. The van der Waals surface area contributed by atoms with Gasteiger partial charge in [0.15, 0.2) is 5.84 Å². The molecule has 1 saturated carbocycles. The lowest BCUT2D eigenvalue weighted by atomic mass is 9.93. The molecule has 39 heavy (non-hydrogen) atoms. The molecule has 8 heteroatoms. The number of rotatable bonds is 9. The molecule has 3 aromatic rings. The molecule has 0 saturated heterocycles. The molecular formula is C31H35FN6O. The molecule has 3 aromatic carbocycles. The quantitative estimate of drug-likeness (QED) is 0.148. The van der Waals surface area contributed by atoms with Gasteiger partial charge in [-0.1, -0.05) is 68.7 Å². The number of unbranched alkanes of at least 4 members (excludes halogenated alkanes) is 1. The molecule has 5 rings (SSSR count). The number of benzene rings is 3. The summed E-state index contributed by atoms with van der Waals surface area (Å²) in [6.07, 6.45) is 6.72. The molecule has 1 aliphatic heterocycles. The topological polar surface area (TPSA) is 109 Å². The van der Waals surface area contributed by atoms with Crippen molar-refractivity contribution in [2.75, 3.05) is 0 Å². The molecular weight excluding hydrogens is 491 g/mol. The lowest BCUT2D eigenvalue weighted by molar-refractivity contribution is -0.131. The number of aliphatic imine (C=N–C) groups is 1. The van der Waals surface area contributed by atoms with E-state index < -0.39 is 5.54 Å². The van der Waals surface area contributed by atoms with Gasteiger partial charge in [-0.15, -0.1) is 5.10 Å². The van der Waals surface area contributed by atoms with Crippen molar-refractivity contribution in [3.63, 3.8) is 0 Å². The summed E-state index contributed by atoms with van der Waals surface area (Å²) in [7, 11) is 0. The van der Waals surface area contributed by atoms with E-state index >= 15 is 0 Å². The molecule has 7 nitrogen and oxygen atoms in total. The summed E-state index contributed by atoms with van der Waals surface area (Å²) in [5.41, 5.74) is 13.0. The Labute approximate surface area is 228 Å². The van der Waals surface area contributed by atoms with Crippen molar-refractivity contribution in [2.45, 2.75) is 64.0 Å². The minimum atomic E-state index is -0.539. The summed E-state index contributed by atoms with van der Waals surface area (Å²) in [4.78, 5) is 20.4. The Balaban J connectivity index is 1.45. The second kappa shape index (κ2) is 11.4. The summed E-state index contributed by atoms with van der Waals surface area (Å²) >= 11 is 0. The summed E-state index contributed by atoms with van der Waals surface area (Å²) in [5.74, 6) is 6.41. The molecule has 0 atom stereocenters. The maximum atomic E-state index is 13.9. The van der Waals surface area contributed by atoms with Crippen LogP contribution in [-0.2, 0) is 11.3 Å². The van der Waals surface area contributed by atoms with Gasteiger partial charge in [0.25, 0.3) is 5.91 Å². The molecule has 1 heterocycles. The van der Waals surface area contributed by atoms with Crippen LogP contribution in [0.2, 0.25) is 0 Å². The van der Waals surface area contributed by atoms with Crippen molar-refractivity contribution in [1.82, 2.24) is 10.4 Å². The number of nitrogens with one attached hydrogen (secondary N) is 1. The van der Waals surface area contributed by atoms with Gasteiger partial charge < -0.3 is 5.73 Å². The Morgan fingerprint density at radius 2 is 1.77 bits per heavy atom. The molecule has 0 aromatic heterocycles. The number of hydrazine groups is 1. The smallest absolute Gasteiger partial charge is 0.256 e. The van der Waals surface area contributed by atoms with Crippen LogP contribution >= 0.6 is 0 Å². The molecule has 0 unspecified atom stereocenters. The van der Waals surface area contributed by atoms with Crippen LogP contribution in [0.3, 0.4) is 0 Å². The van der Waals surface area contributed by atoms with Gasteiger partial charge in [0.1, 0.15) is 17.2 Å². The molecule has 1 amide bonds. The summed E-state index contributed by atoms with van der Waals surface area (Å²) in [6, 6.07) is 20.3. The van der Waals surface area contributed by atoms with Gasteiger partial charge in [0, 0.05) is 12.0 Å². The SMILES string of the molecule is CCCCC1=NC2(CCCC2)C(=O)N1Cc1ccc(-c2cc(-c3cccc(F)c3)ccc2/C(N)=N/NN)cc1. The van der Waals surface area contributed by atoms with Crippen molar-refractivity contribution < 1.29 is 9.18 Å². The minimum Gasteiger partial charge on any atom is -0.382 e. The van der Waals surface area contributed by atoms with E-state index in [0.717, 1.165) is 78.6 Å². The van der Waals surface area contributed by atoms with Gasteiger partial charge in [-0.05, 0) is 71.3 Å². The van der Waals surface area contributed by atoms with E-state index in [-0.39, 0.29) is 17.6 Å². The van der Waals surface area contributed by atoms with E-state index in [4.69, 9.17) is 16.6 Å². The fraction of sp³-hybridized carbons (Fsp3) is 0.323. The van der Waals surface area contributed by atoms with Crippen molar-refractivity contribution in [1.29, 1.82) is 0 Å². The zero-order valence-electron chi connectivity index (χ0n) is 22.3. The van der Waals surface area contributed by atoms with E-state index in [1.54, 1.807) is 6.07 Å². The first-order valence-corrected chi connectivity index (χ1v) is 13.6. The van der Waals surface area contributed by atoms with Crippen molar-refractivity contribution >= 4 is 17.6 Å². The molecule has 0 radical (unpaired) electrons. The van der Waals surface area contributed by atoms with Gasteiger partial charge in [0.05, 0.1) is 6.54 Å². The first-order valence-electron chi connectivity index (χ1n) is 13.6. The number of hydrogen-bond donors (Lipinski definition) is 3. The predicted molar refractivity (Wildman–Crippen MR) is 154 cm³/mol. The average Bonchev–Trinajstić information content (AvgIpc) is 3.53. The minimum absolute atomic E-state index is 0.151.